The maximum Gasteiger partial charge on any atom is 0.261 e. The topological polar surface area (TPSA) is 104 Å². The van der Waals surface area contributed by atoms with Crippen LogP contribution in [0.1, 0.15) is 27.1 Å². The summed E-state index contributed by atoms with van der Waals surface area (Å²) in [5.74, 6) is -1.67. The third-order valence-corrected chi connectivity index (χ3v) is 6.17. The summed E-state index contributed by atoms with van der Waals surface area (Å²) < 4.78 is 39.8. The van der Waals surface area contributed by atoms with Gasteiger partial charge in [-0.05, 0) is 36.8 Å². The number of benzene rings is 2. The number of aliphatic hydroxyl groups is 1. The van der Waals surface area contributed by atoms with Crippen LogP contribution in [0.2, 0.25) is 5.02 Å². The number of nitrogens with one attached hydrogen (secondary N) is 1. The number of imide groups is 1. The van der Waals surface area contributed by atoms with E-state index in [0.29, 0.717) is 0 Å². The van der Waals surface area contributed by atoms with Gasteiger partial charge in [0.15, 0.2) is 0 Å². The molecule has 0 radical (unpaired) electrons. The van der Waals surface area contributed by atoms with Gasteiger partial charge in [-0.15, -0.1) is 0 Å². The molecular formula is C18H16ClFN2O5S. The Hall–Kier alpha value is -2.33. The Bertz CT molecular complexity index is 1010. The van der Waals surface area contributed by atoms with Crippen LogP contribution in [0, 0.1) is 5.82 Å². The maximum absolute atomic E-state index is 13.1. The third kappa shape index (κ3) is 4.07. The summed E-state index contributed by atoms with van der Waals surface area (Å²) in [5, 5.41) is 9.86. The molecule has 0 fully saturated rings. The largest absolute Gasteiger partial charge is 0.391 e. The fourth-order valence-corrected chi connectivity index (χ4v) is 4.41. The van der Waals surface area contributed by atoms with Crippen molar-refractivity contribution < 1.29 is 27.5 Å². The van der Waals surface area contributed by atoms with E-state index in [-0.39, 0.29) is 40.6 Å². The summed E-state index contributed by atoms with van der Waals surface area (Å²) >= 11 is 5.75. The van der Waals surface area contributed by atoms with Crippen molar-refractivity contribution in [3.63, 3.8) is 0 Å². The molecule has 2 N–H and O–H groups in total. The summed E-state index contributed by atoms with van der Waals surface area (Å²) in [6.07, 6.45) is -1.18. The highest BCUT2D eigenvalue weighted by atomic mass is 35.5. The molecule has 0 unspecified atom stereocenters. The molecule has 0 aromatic heterocycles. The number of carbonyl (C=O) groups excluding carboxylic acids is 2. The fraction of sp³-hybridized carbons (Fsp3) is 0.222. The van der Waals surface area contributed by atoms with E-state index in [9.17, 15) is 27.5 Å². The first-order valence-electron chi connectivity index (χ1n) is 8.28. The highest BCUT2D eigenvalue weighted by Gasteiger charge is 2.36. The Labute approximate surface area is 165 Å². The number of nitrogens with zero attached hydrogens (tertiary/aromatic N) is 1. The summed E-state index contributed by atoms with van der Waals surface area (Å²) in [6, 6.07) is 9.23. The van der Waals surface area contributed by atoms with E-state index in [1.165, 1.54) is 12.1 Å². The summed E-state index contributed by atoms with van der Waals surface area (Å²) in [4.78, 5) is 25.2. The number of hydrogen-bond acceptors (Lipinski definition) is 5. The van der Waals surface area contributed by atoms with Gasteiger partial charge in [-0.2, -0.15) is 0 Å². The molecule has 2 amide bonds. The molecule has 0 aliphatic carbocycles. The first-order valence-corrected chi connectivity index (χ1v) is 10.1. The minimum absolute atomic E-state index is 0.0501. The molecule has 0 saturated heterocycles. The minimum Gasteiger partial charge on any atom is -0.391 e. The van der Waals surface area contributed by atoms with Gasteiger partial charge in [0.2, 0.25) is 10.0 Å². The Balaban J connectivity index is 1.57. The molecule has 10 heteroatoms. The van der Waals surface area contributed by atoms with Crippen LogP contribution in [0.3, 0.4) is 0 Å². The maximum atomic E-state index is 13.1. The van der Waals surface area contributed by atoms with Crippen LogP contribution in [0.5, 0.6) is 0 Å². The molecule has 28 heavy (non-hydrogen) atoms. The summed E-state index contributed by atoms with van der Waals surface area (Å²) in [5.41, 5.74) is 0.540. The average Bonchev–Trinajstić information content (AvgIpc) is 2.86. The Kier molecular flexibility index (Phi) is 5.80. The fourth-order valence-electron chi connectivity index (χ4n) is 2.84. The molecular weight excluding hydrogens is 411 g/mol. The molecule has 7 nitrogen and oxygen atoms in total. The van der Waals surface area contributed by atoms with Gasteiger partial charge in [-0.1, -0.05) is 23.7 Å². The number of halogens is 2. The molecule has 3 rings (SSSR count). The molecule has 0 saturated carbocycles. The Morgan fingerprint density at radius 3 is 2.29 bits per heavy atom. The average molecular weight is 427 g/mol. The third-order valence-electron chi connectivity index (χ3n) is 4.22. The van der Waals surface area contributed by atoms with E-state index in [1.807, 2.05) is 0 Å². The van der Waals surface area contributed by atoms with E-state index in [1.54, 1.807) is 12.1 Å². The number of rotatable bonds is 7. The number of carbonyl (C=O) groups is 2. The number of amides is 2. The van der Waals surface area contributed by atoms with Gasteiger partial charge in [-0.25, -0.2) is 17.5 Å². The van der Waals surface area contributed by atoms with Crippen molar-refractivity contribution in [3.8, 4) is 0 Å². The second-order valence-electron chi connectivity index (χ2n) is 6.18. The van der Waals surface area contributed by atoms with Gasteiger partial charge in [0, 0.05) is 6.54 Å². The number of aliphatic hydroxyl groups excluding tert-OH is 1. The molecule has 0 bridgehead atoms. The molecule has 1 heterocycles. The standard InChI is InChI=1S/C18H16ClFN2O5S/c19-15-9-11(20)5-6-16(15)28(26,27)21-8-7-12(23)10-22-17(24)13-3-1-2-4-14(13)18(22)25/h1-6,9,12,21,23H,7-8,10H2/t12-/m0/s1. The van der Waals surface area contributed by atoms with Crippen molar-refractivity contribution in [2.75, 3.05) is 13.1 Å². The number of hydrogen-bond donors (Lipinski definition) is 2. The van der Waals surface area contributed by atoms with Crippen LogP contribution in [0.25, 0.3) is 0 Å². The lowest BCUT2D eigenvalue weighted by molar-refractivity contribution is 0.0535. The molecule has 1 atom stereocenters. The van der Waals surface area contributed by atoms with E-state index in [0.717, 1.165) is 23.1 Å². The quantitative estimate of drug-likeness (QED) is 0.657. The second-order valence-corrected chi connectivity index (χ2v) is 8.32. The first kappa shape index (κ1) is 20.4. The van der Waals surface area contributed by atoms with Crippen molar-refractivity contribution in [3.05, 3.63) is 64.4 Å². The minimum atomic E-state index is -4.00. The van der Waals surface area contributed by atoms with Gasteiger partial charge in [0.1, 0.15) is 10.7 Å². The zero-order valence-electron chi connectivity index (χ0n) is 14.4. The first-order chi connectivity index (χ1) is 13.2. The predicted molar refractivity (Wildman–Crippen MR) is 99.0 cm³/mol. The van der Waals surface area contributed by atoms with Crippen LogP contribution < -0.4 is 4.72 Å². The monoisotopic (exact) mass is 426 g/mol. The SMILES string of the molecule is O=C1c2ccccc2C(=O)N1C[C@@H](O)CCNS(=O)(=O)c1ccc(F)cc1Cl. The molecule has 1 aliphatic heterocycles. The zero-order chi connectivity index (χ0) is 20.5. The number of fused-ring (bicyclic) bond motifs is 1. The van der Waals surface area contributed by atoms with Crippen molar-refractivity contribution in [1.29, 1.82) is 0 Å². The van der Waals surface area contributed by atoms with Gasteiger partial charge < -0.3 is 5.11 Å². The van der Waals surface area contributed by atoms with Crippen molar-refractivity contribution >= 4 is 33.4 Å². The van der Waals surface area contributed by atoms with Crippen LogP contribution >= 0.6 is 11.6 Å². The van der Waals surface area contributed by atoms with Crippen LogP contribution in [0.4, 0.5) is 4.39 Å². The second kappa shape index (κ2) is 7.96. The van der Waals surface area contributed by atoms with Crippen molar-refractivity contribution in [2.45, 2.75) is 17.4 Å². The predicted octanol–water partition coefficient (Wildman–Crippen LogP) is 1.80. The lowest BCUT2D eigenvalue weighted by Gasteiger charge is -2.18. The van der Waals surface area contributed by atoms with E-state index >= 15 is 0 Å². The Morgan fingerprint density at radius 2 is 1.71 bits per heavy atom. The van der Waals surface area contributed by atoms with E-state index in [2.05, 4.69) is 4.72 Å². The highest BCUT2D eigenvalue weighted by Crippen LogP contribution is 2.23. The Morgan fingerprint density at radius 1 is 1.11 bits per heavy atom. The summed E-state index contributed by atoms with van der Waals surface area (Å²) in [6.45, 7) is -0.425. The van der Waals surface area contributed by atoms with Crippen molar-refractivity contribution in [2.24, 2.45) is 0 Å². The van der Waals surface area contributed by atoms with Crippen molar-refractivity contribution in [1.82, 2.24) is 9.62 Å². The molecule has 0 spiro atoms. The van der Waals surface area contributed by atoms with Gasteiger partial charge in [0.25, 0.3) is 11.8 Å². The smallest absolute Gasteiger partial charge is 0.261 e. The van der Waals surface area contributed by atoms with Crippen LogP contribution in [0.15, 0.2) is 47.4 Å². The van der Waals surface area contributed by atoms with Gasteiger partial charge in [-0.3, -0.25) is 14.5 Å². The molecule has 2 aromatic rings. The molecule has 1 aliphatic rings. The number of β-amino-alcohol motifs (C(OH)–C–C–N with tert-alkyl or cyclic N) is 1. The van der Waals surface area contributed by atoms with E-state index in [4.69, 9.17) is 11.6 Å². The zero-order valence-corrected chi connectivity index (χ0v) is 16.0. The normalized spacial score (nSPS) is 15.0. The summed E-state index contributed by atoms with van der Waals surface area (Å²) in [7, 11) is -4.00. The molecule has 2 aromatic carbocycles. The lowest BCUT2D eigenvalue weighted by atomic mass is 10.1. The number of sulfonamides is 1. The van der Waals surface area contributed by atoms with Gasteiger partial charge in [0.05, 0.1) is 28.8 Å². The molecule has 148 valence electrons. The van der Waals surface area contributed by atoms with Crippen LogP contribution in [-0.4, -0.2) is 49.4 Å². The highest BCUT2D eigenvalue weighted by molar-refractivity contribution is 7.89. The van der Waals surface area contributed by atoms with Crippen LogP contribution in [-0.2, 0) is 10.0 Å². The lowest BCUT2D eigenvalue weighted by Crippen LogP contribution is -2.38. The van der Waals surface area contributed by atoms with E-state index < -0.39 is 33.8 Å². The van der Waals surface area contributed by atoms with Gasteiger partial charge >= 0.3 is 0 Å².